The third-order valence-electron chi connectivity index (χ3n) is 3.82. The summed E-state index contributed by atoms with van der Waals surface area (Å²) < 4.78 is 3.94. The molecule has 8 heteroatoms. The van der Waals surface area contributed by atoms with Gasteiger partial charge in [-0.2, -0.15) is 4.68 Å². The third kappa shape index (κ3) is 3.33. The van der Waals surface area contributed by atoms with Crippen LogP contribution in [-0.2, 0) is 12.3 Å². The van der Waals surface area contributed by atoms with Crippen LogP contribution in [0.25, 0.3) is 5.69 Å². The Morgan fingerprint density at radius 1 is 1.08 bits per heavy atom. The lowest BCUT2D eigenvalue weighted by molar-refractivity contribution is 0.636. The smallest absolute Gasteiger partial charge is 0.214 e. The molecule has 0 radical (unpaired) electrons. The second-order valence-corrected chi connectivity index (χ2v) is 6.71. The Morgan fingerprint density at radius 2 is 1.92 bits per heavy atom. The van der Waals surface area contributed by atoms with Gasteiger partial charge in [0.2, 0.25) is 5.16 Å². The van der Waals surface area contributed by atoms with Gasteiger partial charge in [-0.05, 0) is 54.8 Å². The summed E-state index contributed by atoms with van der Waals surface area (Å²) in [6.45, 7) is 9.19. The quantitative estimate of drug-likeness (QED) is 0.641. The van der Waals surface area contributed by atoms with E-state index in [0.717, 1.165) is 41.0 Å². The highest BCUT2D eigenvalue weighted by Crippen LogP contribution is 2.24. The maximum atomic E-state index is 4.28. The molecule has 3 aromatic rings. The normalized spacial score (nSPS) is 11.2. The first-order valence-electron chi connectivity index (χ1n) is 7.97. The average Bonchev–Trinajstić information content (AvgIpc) is 3.16. The molecule has 0 fully saturated rings. The molecule has 7 nitrogen and oxygen atoms in total. The summed E-state index contributed by atoms with van der Waals surface area (Å²) in [7, 11) is 0. The van der Waals surface area contributed by atoms with E-state index in [-0.39, 0.29) is 0 Å². The van der Waals surface area contributed by atoms with E-state index in [1.54, 1.807) is 16.4 Å². The molecule has 0 atom stereocenters. The Labute approximate surface area is 145 Å². The number of benzene rings is 1. The van der Waals surface area contributed by atoms with Crippen molar-refractivity contribution in [2.75, 3.05) is 0 Å². The number of rotatable bonds is 6. The zero-order valence-corrected chi connectivity index (χ0v) is 15.2. The number of aryl methyl sites for hydroxylation is 3. The SMILES string of the molecule is CCCn1c(C)nnc1CSc1nnnn1-c1cc(C)ccc1C. The highest BCUT2D eigenvalue weighted by atomic mass is 32.2. The molecule has 0 unspecified atom stereocenters. The Morgan fingerprint density at radius 3 is 2.71 bits per heavy atom. The minimum Gasteiger partial charge on any atom is -0.315 e. The fraction of sp³-hybridized carbons (Fsp3) is 0.438. The highest BCUT2D eigenvalue weighted by molar-refractivity contribution is 7.98. The standard InChI is InChI=1S/C16H21N7S/c1-5-8-22-13(4)17-18-15(22)10-24-16-19-20-21-23(16)14-9-11(2)6-7-12(14)3/h6-7,9H,5,8,10H2,1-4H3. The fourth-order valence-electron chi connectivity index (χ4n) is 2.54. The van der Waals surface area contributed by atoms with E-state index in [0.29, 0.717) is 5.75 Å². The molecule has 0 aliphatic heterocycles. The van der Waals surface area contributed by atoms with Crippen LogP contribution in [0.5, 0.6) is 0 Å². The minimum atomic E-state index is 0.687. The van der Waals surface area contributed by atoms with Gasteiger partial charge < -0.3 is 4.57 Å². The van der Waals surface area contributed by atoms with E-state index in [1.165, 1.54) is 5.56 Å². The molecule has 126 valence electrons. The molecule has 0 saturated heterocycles. The minimum absolute atomic E-state index is 0.687. The molecule has 0 aliphatic carbocycles. The van der Waals surface area contributed by atoms with Gasteiger partial charge >= 0.3 is 0 Å². The van der Waals surface area contributed by atoms with Crippen molar-refractivity contribution in [3.63, 3.8) is 0 Å². The lowest BCUT2D eigenvalue weighted by Crippen LogP contribution is -2.05. The second kappa shape index (κ2) is 7.12. The summed E-state index contributed by atoms with van der Waals surface area (Å²) in [5.41, 5.74) is 3.33. The number of nitrogens with zero attached hydrogens (tertiary/aromatic N) is 7. The first kappa shape index (κ1) is 16.6. The van der Waals surface area contributed by atoms with Crippen molar-refractivity contribution < 1.29 is 0 Å². The first-order chi connectivity index (χ1) is 11.6. The zero-order valence-electron chi connectivity index (χ0n) is 14.4. The van der Waals surface area contributed by atoms with E-state index >= 15 is 0 Å². The number of thioether (sulfide) groups is 1. The first-order valence-corrected chi connectivity index (χ1v) is 8.96. The molecule has 0 bridgehead atoms. The summed E-state index contributed by atoms with van der Waals surface area (Å²) in [5.74, 6) is 2.59. The van der Waals surface area contributed by atoms with Gasteiger partial charge in [-0.15, -0.1) is 15.3 Å². The van der Waals surface area contributed by atoms with Crippen molar-refractivity contribution in [1.29, 1.82) is 0 Å². The molecule has 0 saturated carbocycles. The molecule has 3 rings (SSSR count). The van der Waals surface area contributed by atoms with Crippen molar-refractivity contribution in [2.24, 2.45) is 0 Å². The van der Waals surface area contributed by atoms with Gasteiger partial charge in [-0.3, -0.25) is 0 Å². The van der Waals surface area contributed by atoms with Crippen LogP contribution in [0, 0.1) is 20.8 Å². The van der Waals surface area contributed by atoms with Crippen molar-refractivity contribution in [1.82, 2.24) is 35.0 Å². The van der Waals surface area contributed by atoms with Gasteiger partial charge in [0.1, 0.15) is 11.6 Å². The van der Waals surface area contributed by atoms with Gasteiger partial charge in [0.15, 0.2) is 0 Å². The Kier molecular flexibility index (Phi) is 4.94. The van der Waals surface area contributed by atoms with Gasteiger partial charge in [0.05, 0.1) is 11.4 Å². The number of aromatic nitrogens is 7. The molecule has 0 aliphatic rings. The van der Waals surface area contributed by atoms with Gasteiger partial charge in [-0.1, -0.05) is 30.8 Å². The van der Waals surface area contributed by atoms with Crippen molar-refractivity contribution in [3.8, 4) is 5.69 Å². The van der Waals surface area contributed by atoms with Crippen LogP contribution in [0.3, 0.4) is 0 Å². The van der Waals surface area contributed by atoms with Crippen molar-refractivity contribution >= 4 is 11.8 Å². The summed E-state index contributed by atoms with van der Waals surface area (Å²) >= 11 is 1.57. The van der Waals surface area contributed by atoms with E-state index in [1.807, 2.05) is 6.92 Å². The maximum Gasteiger partial charge on any atom is 0.214 e. The lowest BCUT2D eigenvalue weighted by atomic mass is 10.1. The van der Waals surface area contributed by atoms with E-state index in [9.17, 15) is 0 Å². The van der Waals surface area contributed by atoms with E-state index in [2.05, 4.69) is 69.3 Å². The second-order valence-electron chi connectivity index (χ2n) is 5.77. The van der Waals surface area contributed by atoms with Gasteiger partial charge in [-0.25, -0.2) is 0 Å². The summed E-state index contributed by atoms with van der Waals surface area (Å²) in [6.07, 6.45) is 1.05. The fourth-order valence-corrected chi connectivity index (χ4v) is 3.37. The molecule has 0 amide bonds. The van der Waals surface area contributed by atoms with Gasteiger partial charge in [0.25, 0.3) is 0 Å². The third-order valence-corrected chi connectivity index (χ3v) is 4.74. The summed E-state index contributed by atoms with van der Waals surface area (Å²) in [5, 5.41) is 21.4. The van der Waals surface area contributed by atoms with Crippen LogP contribution in [0.2, 0.25) is 0 Å². The molecule has 0 N–H and O–H groups in total. The van der Waals surface area contributed by atoms with Crippen LogP contribution in [0.15, 0.2) is 23.4 Å². The van der Waals surface area contributed by atoms with Gasteiger partial charge in [0, 0.05) is 6.54 Å². The van der Waals surface area contributed by atoms with Crippen LogP contribution in [0.4, 0.5) is 0 Å². The topological polar surface area (TPSA) is 74.3 Å². The largest absolute Gasteiger partial charge is 0.315 e. The molecule has 24 heavy (non-hydrogen) atoms. The predicted molar refractivity (Wildman–Crippen MR) is 93.2 cm³/mol. The number of tetrazole rings is 1. The van der Waals surface area contributed by atoms with Crippen LogP contribution < -0.4 is 0 Å². The molecule has 2 heterocycles. The highest BCUT2D eigenvalue weighted by Gasteiger charge is 2.14. The summed E-state index contributed by atoms with van der Waals surface area (Å²) in [4.78, 5) is 0. The number of hydrogen-bond acceptors (Lipinski definition) is 6. The lowest BCUT2D eigenvalue weighted by Gasteiger charge is -2.09. The molecule has 2 aromatic heterocycles. The van der Waals surface area contributed by atoms with Crippen molar-refractivity contribution in [3.05, 3.63) is 41.0 Å². The monoisotopic (exact) mass is 343 g/mol. The zero-order chi connectivity index (χ0) is 17.1. The van der Waals surface area contributed by atoms with Crippen molar-refractivity contribution in [2.45, 2.75) is 51.6 Å². The van der Waals surface area contributed by atoms with E-state index in [4.69, 9.17) is 0 Å². The van der Waals surface area contributed by atoms with E-state index < -0.39 is 0 Å². The van der Waals surface area contributed by atoms with Crippen LogP contribution in [-0.4, -0.2) is 35.0 Å². The van der Waals surface area contributed by atoms with Crippen LogP contribution in [0.1, 0.15) is 36.1 Å². The maximum absolute atomic E-state index is 4.28. The average molecular weight is 343 g/mol. The molecule has 1 aromatic carbocycles. The Balaban J connectivity index is 1.83. The summed E-state index contributed by atoms with van der Waals surface area (Å²) in [6, 6.07) is 6.27. The molecular weight excluding hydrogens is 322 g/mol. The molecular formula is C16H21N7S. The predicted octanol–water partition coefficient (Wildman–Crippen LogP) is 2.88. The number of hydrogen-bond donors (Lipinski definition) is 0. The molecule has 0 spiro atoms. The Bertz CT molecular complexity index is 837. The Hall–Kier alpha value is -2.22. The van der Waals surface area contributed by atoms with Crippen LogP contribution >= 0.6 is 11.8 Å².